The first kappa shape index (κ1) is 9.17. The van der Waals surface area contributed by atoms with Crippen molar-refractivity contribution in [2.45, 2.75) is 38.5 Å². The molecule has 0 amide bonds. The van der Waals surface area contributed by atoms with Crippen molar-refractivity contribution in [2.24, 2.45) is 35.4 Å². The standard InChI is InChI=1S/C12H22N2/c13-14-2-1-12-10-4-8-3-9(6-10)7-11(12)5-8/h8-12,14H,1-7,13H2. The summed E-state index contributed by atoms with van der Waals surface area (Å²) < 4.78 is 0. The van der Waals surface area contributed by atoms with E-state index in [1.165, 1.54) is 6.42 Å². The Labute approximate surface area is 86.6 Å². The Morgan fingerprint density at radius 2 is 1.50 bits per heavy atom. The second-order valence-electron chi connectivity index (χ2n) is 5.84. The summed E-state index contributed by atoms with van der Waals surface area (Å²) in [6.07, 6.45) is 9.06. The third-order valence-electron chi connectivity index (χ3n) is 5.04. The third-order valence-corrected chi connectivity index (χ3v) is 5.04. The molecular formula is C12H22N2. The molecule has 4 aliphatic carbocycles. The van der Waals surface area contributed by atoms with Crippen LogP contribution in [0.4, 0.5) is 0 Å². The summed E-state index contributed by atoms with van der Waals surface area (Å²) in [5.74, 6) is 10.8. The minimum Gasteiger partial charge on any atom is -0.271 e. The topological polar surface area (TPSA) is 38.0 Å². The molecule has 2 heteroatoms. The van der Waals surface area contributed by atoms with Crippen molar-refractivity contribution in [2.75, 3.05) is 6.54 Å². The molecule has 0 spiro atoms. The van der Waals surface area contributed by atoms with Crippen molar-refractivity contribution in [1.29, 1.82) is 0 Å². The van der Waals surface area contributed by atoms with Gasteiger partial charge in [0, 0.05) is 6.54 Å². The van der Waals surface area contributed by atoms with Gasteiger partial charge in [-0.3, -0.25) is 11.3 Å². The van der Waals surface area contributed by atoms with Crippen LogP contribution < -0.4 is 11.3 Å². The molecule has 0 heterocycles. The molecule has 80 valence electrons. The Bertz CT molecular complexity index is 186. The van der Waals surface area contributed by atoms with Gasteiger partial charge in [-0.05, 0) is 68.1 Å². The van der Waals surface area contributed by atoms with Crippen LogP contribution in [0.2, 0.25) is 0 Å². The van der Waals surface area contributed by atoms with Crippen LogP contribution in [-0.4, -0.2) is 6.54 Å². The molecule has 0 saturated heterocycles. The number of hydrogen-bond acceptors (Lipinski definition) is 2. The molecule has 0 unspecified atom stereocenters. The van der Waals surface area contributed by atoms with Crippen molar-refractivity contribution in [3.63, 3.8) is 0 Å². The van der Waals surface area contributed by atoms with Gasteiger partial charge in [0.05, 0.1) is 0 Å². The Morgan fingerprint density at radius 3 is 2.00 bits per heavy atom. The smallest absolute Gasteiger partial charge is 0.0100 e. The van der Waals surface area contributed by atoms with Crippen LogP contribution in [0.15, 0.2) is 0 Å². The van der Waals surface area contributed by atoms with Gasteiger partial charge in [0.2, 0.25) is 0 Å². The highest BCUT2D eigenvalue weighted by Gasteiger charge is 2.47. The van der Waals surface area contributed by atoms with E-state index in [-0.39, 0.29) is 0 Å². The summed E-state index contributed by atoms with van der Waals surface area (Å²) in [6.45, 7) is 1.02. The van der Waals surface area contributed by atoms with Gasteiger partial charge >= 0.3 is 0 Å². The Morgan fingerprint density at radius 1 is 0.929 bits per heavy atom. The molecule has 4 bridgehead atoms. The van der Waals surface area contributed by atoms with Gasteiger partial charge in [0.15, 0.2) is 0 Å². The molecule has 3 N–H and O–H groups in total. The van der Waals surface area contributed by atoms with Gasteiger partial charge in [0.25, 0.3) is 0 Å². The van der Waals surface area contributed by atoms with Crippen molar-refractivity contribution in [3.8, 4) is 0 Å². The molecule has 0 aromatic rings. The van der Waals surface area contributed by atoms with Crippen molar-refractivity contribution >= 4 is 0 Å². The van der Waals surface area contributed by atoms with Crippen LogP contribution in [-0.2, 0) is 0 Å². The maximum absolute atomic E-state index is 5.38. The number of hydrazine groups is 1. The van der Waals surface area contributed by atoms with Crippen molar-refractivity contribution < 1.29 is 0 Å². The van der Waals surface area contributed by atoms with E-state index in [0.717, 1.165) is 36.1 Å². The van der Waals surface area contributed by atoms with Crippen LogP contribution in [0.5, 0.6) is 0 Å². The summed E-state index contributed by atoms with van der Waals surface area (Å²) in [7, 11) is 0. The first-order valence-electron chi connectivity index (χ1n) is 6.30. The number of nitrogens with two attached hydrogens (primary N) is 1. The highest BCUT2D eigenvalue weighted by molar-refractivity contribution is 4.97. The molecule has 4 saturated carbocycles. The minimum absolute atomic E-state index is 1.01. The molecule has 0 radical (unpaired) electrons. The van der Waals surface area contributed by atoms with E-state index in [2.05, 4.69) is 5.43 Å². The van der Waals surface area contributed by atoms with Gasteiger partial charge in [-0.2, -0.15) is 0 Å². The van der Waals surface area contributed by atoms with Crippen LogP contribution in [0.3, 0.4) is 0 Å². The second kappa shape index (κ2) is 3.49. The molecule has 0 atom stereocenters. The first-order valence-corrected chi connectivity index (χ1v) is 6.30. The SMILES string of the molecule is NNCCC1C2CC3CC(C2)CC1C3. The highest BCUT2D eigenvalue weighted by Crippen LogP contribution is 2.57. The largest absolute Gasteiger partial charge is 0.271 e. The van der Waals surface area contributed by atoms with E-state index in [4.69, 9.17) is 5.84 Å². The monoisotopic (exact) mass is 194 g/mol. The Balaban J connectivity index is 1.69. The van der Waals surface area contributed by atoms with E-state index < -0.39 is 0 Å². The van der Waals surface area contributed by atoms with Crippen LogP contribution in [0.25, 0.3) is 0 Å². The van der Waals surface area contributed by atoms with Crippen molar-refractivity contribution in [3.05, 3.63) is 0 Å². The molecule has 0 aliphatic heterocycles. The summed E-state index contributed by atoms with van der Waals surface area (Å²) in [4.78, 5) is 0. The van der Waals surface area contributed by atoms with E-state index in [1.807, 2.05) is 0 Å². The maximum atomic E-state index is 5.38. The van der Waals surface area contributed by atoms with Crippen LogP contribution in [0, 0.1) is 29.6 Å². The lowest BCUT2D eigenvalue weighted by atomic mass is 9.51. The van der Waals surface area contributed by atoms with Crippen LogP contribution >= 0.6 is 0 Å². The fourth-order valence-electron chi connectivity index (χ4n) is 4.76. The lowest BCUT2D eigenvalue weighted by Crippen LogP contribution is -2.46. The number of rotatable bonds is 3. The second-order valence-corrected chi connectivity index (χ2v) is 5.84. The zero-order valence-corrected chi connectivity index (χ0v) is 8.91. The number of hydrogen-bond donors (Lipinski definition) is 2. The quantitative estimate of drug-likeness (QED) is 0.532. The predicted molar refractivity (Wildman–Crippen MR) is 57.3 cm³/mol. The molecule has 0 aromatic carbocycles. The van der Waals surface area contributed by atoms with Gasteiger partial charge in [-0.1, -0.05) is 0 Å². The van der Waals surface area contributed by atoms with E-state index in [0.29, 0.717) is 0 Å². The van der Waals surface area contributed by atoms with Gasteiger partial charge in [0.1, 0.15) is 0 Å². The van der Waals surface area contributed by atoms with E-state index in [1.54, 1.807) is 32.1 Å². The first-order chi connectivity index (χ1) is 6.86. The molecule has 4 fully saturated rings. The average molecular weight is 194 g/mol. The highest BCUT2D eigenvalue weighted by atomic mass is 15.2. The number of nitrogens with one attached hydrogen (secondary N) is 1. The zero-order valence-electron chi connectivity index (χ0n) is 8.91. The molecule has 4 rings (SSSR count). The van der Waals surface area contributed by atoms with Gasteiger partial charge in [-0.15, -0.1) is 0 Å². The lowest BCUT2D eigenvalue weighted by Gasteiger charge is -2.54. The summed E-state index contributed by atoms with van der Waals surface area (Å²) in [5.41, 5.74) is 2.83. The minimum atomic E-state index is 1.01. The summed E-state index contributed by atoms with van der Waals surface area (Å²) >= 11 is 0. The Hall–Kier alpha value is -0.0800. The van der Waals surface area contributed by atoms with Gasteiger partial charge < -0.3 is 0 Å². The molecule has 14 heavy (non-hydrogen) atoms. The predicted octanol–water partition coefficient (Wildman–Crippen LogP) is 1.91. The third kappa shape index (κ3) is 1.40. The molecule has 4 aliphatic rings. The lowest BCUT2D eigenvalue weighted by molar-refractivity contribution is -0.0392. The van der Waals surface area contributed by atoms with Crippen LogP contribution in [0.1, 0.15) is 38.5 Å². The zero-order chi connectivity index (χ0) is 9.54. The normalized spacial score (nSPS) is 49.9. The summed E-state index contributed by atoms with van der Waals surface area (Å²) in [6, 6.07) is 0. The van der Waals surface area contributed by atoms with Crippen molar-refractivity contribution in [1.82, 2.24) is 5.43 Å². The van der Waals surface area contributed by atoms with Gasteiger partial charge in [-0.25, -0.2) is 0 Å². The fraction of sp³-hybridized carbons (Fsp3) is 1.00. The summed E-state index contributed by atoms with van der Waals surface area (Å²) in [5, 5.41) is 0. The molecule has 0 aromatic heterocycles. The fourth-order valence-corrected chi connectivity index (χ4v) is 4.76. The molecular weight excluding hydrogens is 172 g/mol. The van der Waals surface area contributed by atoms with E-state index >= 15 is 0 Å². The van der Waals surface area contributed by atoms with E-state index in [9.17, 15) is 0 Å². The maximum Gasteiger partial charge on any atom is 0.0100 e. The molecule has 2 nitrogen and oxygen atoms in total. The average Bonchev–Trinajstić information content (AvgIpc) is 2.15. The Kier molecular flexibility index (Phi) is 2.29.